The molecule has 0 aliphatic heterocycles. The fourth-order valence-corrected chi connectivity index (χ4v) is 3.39. The van der Waals surface area contributed by atoms with Gasteiger partial charge in [0.1, 0.15) is 16.8 Å². The van der Waals surface area contributed by atoms with Crippen LogP contribution in [0.2, 0.25) is 5.15 Å². The molecule has 0 aliphatic rings. The summed E-state index contributed by atoms with van der Waals surface area (Å²) in [7, 11) is 0. The third-order valence-corrected chi connectivity index (χ3v) is 4.75. The highest BCUT2D eigenvalue weighted by Gasteiger charge is 2.25. The largest absolute Gasteiger partial charge is 0.262 e. The average Bonchev–Trinajstić information content (AvgIpc) is 3.18. The summed E-state index contributed by atoms with van der Waals surface area (Å²) in [6, 6.07) is 4.65. The van der Waals surface area contributed by atoms with Crippen LogP contribution in [0.1, 0.15) is 44.0 Å². The smallest absolute Gasteiger partial charge is 0.153 e. The van der Waals surface area contributed by atoms with E-state index in [-0.39, 0.29) is 16.8 Å². The molecular weight excluding hydrogens is 360 g/mol. The molecule has 1 atom stereocenters. The average molecular weight is 376 g/mol. The second-order valence-corrected chi connectivity index (χ2v) is 6.92. The molecular formula is C18H16ClF2N5. The van der Waals surface area contributed by atoms with Crippen LogP contribution in [-0.4, -0.2) is 24.4 Å². The van der Waals surface area contributed by atoms with Crippen molar-refractivity contribution < 1.29 is 8.78 Å². The van der Waals surface area contributed by atoms with Crippen molar-refractivity contribution in [2.24, 2.45) is 0 Å². The molecule has 0 saturated carbocycles. The standard InChI is InChI=1S/C18H16ClF2N5/c1-9(2)25-13-6-12(20)17(18(21)11(13)7-23-25)10(3)14-8-22-16-5-4-15(19)24-26(14)16/h4-10H,1-3H3. The van der Waals surface area contributed by atoms with Crippen molar-refractivity contribution in [3.63, 3.8) is 0 Å². The third-order valence-electron chi connectivity index (χ3n) is 4.55. The molecule has 4 rings (SSSR count). The summed E-state index contributed by atoms with van der Waals surface area (Å²) in [5.41, 5.74) is 1.51. The van der Waals surface area contributed by atoms with Crippen LogP contribution in [0.5, 0.6) is 0 Å². The molecule has 134 valence electrons. The van der Waals surface area contributed by atoms with Gasteiger partial charge >= 0.3 is 0 Å². The van der Waals surface area contributed by atoms with E-state index in [2.05, 4.69) is 15.2 Å². The summed E-state index contributed by atoms with van der Waals surface area (Å²) >= 11 is 5.95. The lowest BCUT2D eigenvalue weighted by atomic mass is 9.95. The first kappa shape index (κ1) is 16.9. The summed E-state index contributed by atoms with van der Waals surface area (Å²) in [5, 5.41) is 8.94. The van der Waals surface area contributed by atoms with Crippen LogP contribution in [0.3, 0.4) is 0 Å². The maximum atomic E-state index is 15.2. The zero-order chi connectivity index (χ0) is 18.6. The van der Waals surface area contributed by atoms with Crippen LogP contribution in [0.25, 0.3) is 16.6 Å². The summed E-state index contributed by atoms with van der Waals surface area (Å²) in [6.07, 6.45) is 2.99. The van der Waals surface area contributed by atoms with Gasteiger partial charge in [-0.05, 0) is 26.0 Å². The number of halogens is 3. The zero-order valence-corrected chi connectivity index (χ0v) is 15.2. The summed E-state index contributed by atoms with van der Waals surface area (Å²) < 4.78 is 33.1. The molecule has 3 aromatic heterocycles. The van der Waals surface area contributed by atoms with E-state index in [4.69, 9.17) is 11.6 Å². The van der Waals surface area contributed by atoms with E-state index < -0.39 is 17.6 Å². The first-order valence-corrected chi connectivity index (χ1v) is 8.61. The maximum absolute atomic E-state index is 15.2. The lowest BCUT2D eigenvalue weighted by Crippen LogP contribution is -2.09. The van der Waals surface area contributed by atoms with E-state index in [0.29, 0.717) is 22.2 Å². The van der Waals surface area contributed by atoms with Crippen LogP contribution < -0.4 is 0 Å². The molecule has 0 aliphatic carbocycles. The molecule has 0 bridgehead atoms. The first-order chi connectivity index (χ1) is 12.4. The van der Waals surface area contributed by atoms with Crippen molar-refractivity contribution in [1.82, 2.24) is 24.4 Å². The predicted octanol–water partition coefficient (Wildman–Crippen LogP) is 4.74. The molecule has 0 fully saturated rings. The first-order valence-electron chi connectivity index (χ1n) is 8.23. The Bertz CT molecular complexity index is 1130. The molecule has 0 radical (unpaired) electrons. The molecule has 0 saturated heterocycles. The SMILES string of the molecule is CC(c1c(F)cc2c(cnn2C(C)C)c1F)c1cnc2ccc(Cl)nn12. The minimum absolute atomic E-state index is 0.000289. The highest BCUT2D eigenvalue weighted by molar-refractivity contribution is 6.29. The molecule has 26 heavy (non-hydrogen) atoms. The van der Waals surface area contributed by atoms with Gasteiger partial charge in [0.05, 0.1) is 29.0 Å². The van der Waals surface area contributed by atoms with E-state index in [9.17, 15) is 4.39 Å². The molecule has 0 amide bonds. The molecule has 1 aromatic carbocycles. The highest BCUT2D eigenvalue weighted by atomic mass is 35.5. The van der Waals surface area contributed by atoms with Gasteiger partial charge < -0.3 is 0 Å². The van der Waals surface area contributed by atoms with E-state index in [1.54, 1.807) is 29.9 Å². The van der Waals surface area contributed by atoms with E-state index >= 15 is 4.39 Å². The van der Waals surface area contributed by atoms with Gasteiger partial charge in [-0.3, -0.25) is 4.68 Å². The molecule has 4 aromatic rings. The Labute approximate surface area is 153 Å². The summed E-state index contributed by atoms with van der Waals surface area (Å²) in [6.45, 7) is 5.53. The number of benzene rings is 1. The van der Waals surface area contributed by atoms with Gasteiger partial charge in [0.25, 0.3) is 0 Å². The Hall–Kier alpha value is -2.54. The van der Waals surface area contributed by atoms with Gasteiger partial charge in [0.2, 0.25) is 0 Å². The van der Waals surface area contributed by atoms with Crippen LogP contribution in [0.4, 0.5) is 8.78 Å². The van der Waals surface area contributed by atoms with E-state index in [1.807, 2.05) is 13.8 Å². The van der Waals surface area contributed by atoms with Crippen LogP contribution in [-0.2, 0) is 0 Å². The van der Waals surface area contributed by atoms with Gasteiger partial charge in [-0.25, -0.2) is 18.3 Å². The molecule has 3 heterocycles. The van der Waals surface area contributed by atoms with Crippen molar-refractivity contribution in [3.8, 4) is 0 Å². The summed E-state index contributed by atoms with van der Waals surface area (Å²) in [4.78, 5) is 4.24. The number of aromatic nitrogens is 5. The van der Waals surface area contributed by atoms with Crippen molar-refractivity contribution in [3.05, 3.63) is 58.6 Å². The fraction of sp³-hybridized carbons (Fsp3) is 0.278. The fourth-order valence-electron chi connectivity index (χ4n) is 3.25. The molecule has 0 N–H and O–H groups in total. The Kier molecular flexibility index (Phi) is 3.91. The van der Waals surface area contributed by atoms with Gasteiger partial charge in [0, 0.05) is 23.6 Å². The Morgan fingerprint density at radius 1 is 1.12 bits per heavy atom. The van der Waals surface area contributed by atoms with Crippen LogP contribution >= 0.6 is 11.6 Å². The minimum Gasteiger partial charge on any atom is -0.262 e. The van der Waals surface area contributed by atoms with Gasteiger partial charge in [-0.1, -0.05) is 18.5 Å². The van der Waals surface area contributed by atoms with Crippen molar-refractivity contribution in [1.29, 1.82) is 0 Å². The minimum atomic E-state index is -0.623. The van der Waals surface area contributed by atoms with E-state index in [0.717, 1.165) is 0 Å². The molecule has 5 nitrogen and oxygen atoms in total. The molecule has 1 unspecified atom stereocenters. The maximum Gasteiger partial charge on any atom is 0.153 e. The second kappa shape index (κ2) is 6.02. The molecule has 8 heteroatoms. The van der Waals surface area contributed by atoms with Crippen LogP contribution in [0.15, 0.2) is 30.6 Å². The monoisotopic (exact) mass is 375 g/mol. The van der Waals surface area contributed by atoms with Gasteiger partial charge in [-0.15, -0.1) is 0 Å². The lowest BCUT2D eigenvalue weighted by Gasteiger charge is -2.15. The topological polar surface area (TPSA) is 48.0 Å². The van der Waals surface area contributed by atoms with Crippen LogP contribution in [0, 0.1) is 11.6 Å². The zero-order valence-electron chi connectivity index (χ0n) is 14.4. The van der Waals surface area contributed by atoms with E-state index in [1.165, 1.54) is 16.8 Å². The molecule has 0 spiro atoms. The number of rotatable bonds is 3. The highest BCUT2D eigenvalue weighted by Crippen LogP contribution is 2.33. The quantitative estimate of drug-likeness (QED) is 0.519. The lowest BCUT2D eigenvalue weighted by molar-refractivity contribution is 0.539. The third kappa shape index (κ3) is 2.46. The summed E-state index contributed by atoms with van der Waals surface area (Å²) in [5.74, 6) is -1.85. The normalized spacial score (nSPS) is 13.2. The predicted molar refractivity (Wildman–Crippen MR) is 95.5 cm³/mol. The van der Waals surface area contributed by atoms with Crippen molar-refractivity contribution >= 4 is 28.2 Å². The Morgan fingerprint density at radius 2 is 1.88 bits per heavy atom. The van der Waals surface area contributed by atoms with Crippen molar-refractivity contribution in [2.75, 3.05) is 0 Å². The number of hydrogen-bond donors (Lipinski definition) is 0. The second-order valence-electron chi connectivity index (χ2n) is 6.53. The number of imidazole rings is 1. The Morgan fingerprint density at radius 3 is 2.62 bits per heavy atom. The number of nitrogens with zero attached hydrogens (tertiary/aromatic N) is 5. The van der Waals surface area contributed by atoms with Gasteiger partial charge in [0.15, 0.2) is 5.65 Å². The number of hydrogen-bond acceptors (Lipinski definition) is 3. The van der Waals surface area contributed by atoms with Crippen molar-refractivity contribution in [2.45, 2.75) is 32.7 Å². The number of fused-ring (bicyclic) bond motifs is 2. The van der Waals surface area contributed by atoms with Gasteiger partial charge in [-0.2, -0.15) is 10.2 Å². The Balaban J connectivity index is 1.91.